The van der Waals surface area contributed by atoms with Crippen molar-refractivity contribution in [3.63, 3.8) is 0 Å². The highest BCUT2D eigenvalue weighted by Crippen LogP contribution is 2.22. The third kappa shape index (κ3) is 3.41. The maximum atomic E-state index is 12.2. The Bertz CT molecular complexity index is 1390. The van der Waals surface area contributed by atoms with Gasteiger partial charge in [-0.3, -0.25) is 14.5 Å². The van der Waals surface area contributed by atoms with E-state index in [0.717, 1.165) is 22.3 Å². The van der Waals surface area contributed by atoms with Crippen LogP contribution in [0, 0.1) is 0 Å². The van der Waals surface area contributed by atoms with Crippen LogP contribution in [0.4, 0.5) is 0 Å². The number of benzene rings is 1. The molecule has 0 unspecified atom stereocenters. The zero-order chi connectivity index (χ0) is 20.5. The molecule has 0 spiro atoms. The zero-order valence-corrected chi connectivity index (χ0v) is 16.0. The molecule has 0 saturated carbocycles. The van der Waals surface area contributed by atoms with Crippen molar-refractivity contribution in [1.82, 2.24) is 39.5 Å². The average Bonchev–Trinajstić information content (AvgIpc) is 3.45. The van der Waals surface area contributed by atoms with Gasteiger partial charge < -0.3 is 4.74 Å². The summed E-state index contributed by atoms with van der Waals surface area (Å²) in [4.78, 5) is 16.7. The van der Waals surface area contributed by atoms with Crippen molar-refractivity contribution in [2.75, 3.05) is 0 Å². The quantitative estimate of drug-likeness (QED) is 0.442. The summed E-state index contributed by atoms with van der Waals surface area (Å²) in [6.45, 7) is 0.0433. The Morgan fingerprint density at radius 3 is 2.77 bits per heavy atom. The molecule has 10 heteroatoms. The van der Waals surface area contributed by atoms with Crippen LogP contribution in [0.3, 0.4) is 0 Å². The first kappa shape index (κ1) is 17.7. The Morgan fingerprint density at radius 1 is 1.03 bits per heavy atom. The first-order valence-corrected chi connectivity index (χ1v) is 9.13. The van der Waals surface area contributed by atoms with Crippen molar-refractivity contribution >= 4 is 10.9 Å². The molecule has 5 aromatic rings. The third-order valence-electron chi connectivity index (χ3n) is 4.54. The number of aromatic nitrogens is 8. The largest absolute Gasteiger partial charge is 0.487 e. The van der Waals surface area contributed by atoms with Crippen LogP contribution in [0.2, 0.25) is 0 Å². The summed E-state index contributed by atoms with van der Waals surface area (Å²) >= 11 is 0. The molecule has 0 N–H and O–H groups in total. The lowest BCUT2D eigenvalue weighted by Gasteiger charge is -2.09. The molecular formula is C20H16N8O2. The Hall–Kier alpha value is -4.34. The second-order valence-electron chi connectivity index (χ2n) is 6.63. The highest BCUT2D eigenvalue weighted by atomic mass is 16.5. The topological polar surface area (TPSA) is 106 Å². The highest BCUT2D eigenvalue weighted by molar-refractivity contribution is 5.81. The van der Waals surface area contributed by atoms with E-state index >= 15 is 0 Å². The van der Waals surface area contributed by atoms with Gasteiger partial charge in [0.25, 0.3) is 0 Å². The van der Waals surface area contributed by atoms with Gasteiger partial charge in [0.05, 0.1) is 42.2 Å². The third-order valence-corrected chi connectivity index (χ3v) is 4.54. The van der Waals surface area contributed by atoms with Gasteiger partial charge in [-0.15, -0.1) is 5.10 Å². The first-order chi connectivity index (χ1) is 14.7. The van der Waals surface area contributed by atoms with Gasteiger partial charge in [0.15, 0.2) is 0 Å². The molecule has 0 fully saturated rings. The lowest BCUT2D eigenvalue weighted by atomic mass is 10.2. The summed E-state index contributed by atoms with van der Waals surface area (Å²) in [5.41, 5.74) is 2.49. The van der Waals surface area contributed by atoms with Crippen molar-refractivity contribution in [1.29, 1.82) is 0 Å². The van der Waals surface area contributed by atoms with Crippen LogP contribution in [-0.2, 0) is 13.7 Å². The smallest absolute Gasteiger partial charge is 0.206 e. The highest BCUT2D eigenvalue weighted by Gasteiger charge is 2.08. The normalized spacial score (nSPS) is 11.1. The number of aryl methyl sites for hydroxylation is 1. The lowest BCUT2D eigenvalue weighted by Crippen LogP contribution is -2.17. The van der Waals surface area contributed by atoms with E-state index < -0.39 is 0 Å². The summed E-state index contributed by atoms with van der Waals surface area (Å²) in [5.74, 6) is 0.609. The number of hydrogen-bond acceptors (Lipinski definition) is 7. The molecule has 0 aliphatic rings. The van der Waals surface area contributed by atoms with Gasteiger partial charge in [-0.25, -0.2) is 9.36 Å². The van der Waals surface area contributed by atoms with Crippen LogP contribution in [0.25, 0.3) is 22.3 Å². The molecule has 30 heavy (non-hydrogen) atoms. The predicted molar refractivity (Wildman–Crippen MR) is 108 cm³/mol. The number of ether oxygens (including phenoxy) is 1. The van der Waals surface area contributed by atoms with Gasteiger partial charge in [-0.1, -0.05) is 5.21 Å². The van der Waals surface area contributed by atoms with E-state index in [4.69, 9.17) is 4.74 Å². The van der Waals surface area contributed by atoms with Crippen LogP contribution in [-0.4, -0.2) is 39.5 Å². The summed E-state index contributed by atoms with van der Waals surface area (Å²) in [6, 6.07) is 8.95. The molecule has 5 rings (SSSR count). The van der Waals surface area contributed by atoms with E-state index in [2.05, 4.69) is 25.5 Å². The number of hydrogen-bond donors (Lipinski definition) is 0. The summed E-state index contributed by atoms with van der Waals surface area (Å²) in [5, 5.41) is 17.2. The SMILES string of the molecule is Cn1cc(-n2ccc(=O)c(COc3ccc4ncc(-n5ccnn5)cc4c3)n2)cn1. The summed E-state index contributed by atoms with van der Waals surface area (Å²) < 4.78 is 10.7. The Labute approximate surface area is 170 Å². The van der Waals surface area contributed by atoms with Crippen molar-refractivity contribution in [3.05, 3.63) is 83.4 Å². The number of rotatable bonds is 5. The van der Waals surface area contributed by atoms with E-state index in [0.29, 0.717) is 11.4 Å². The second-order valence-corrected chi connectivity index (χ2v) is 6.63. The fraction of sp³-hybridized carbons (Fsp3) is 0.100. The summed E-state index contributed by atoms with van der Waals surface area (Å²) in [6.07, 6.45) is 10.2. The molecule has 0 aliphatic heterocycles. The molecule has 4 heterocycles. The average molecular weight is 400 g/mol. The van der Waals surface area contributed by atoms with Crippen LogP contribution in [0.1, 0.15) is 5.69 Å². The van der Waals surface area contributed by atoms with Crippen molar-refractivity contribution in [2.45, 2.75) is 6.61 Å². The lowest BCUT2D eigenvalue weighted by molar-refractivity contribution is 0.298. The van der Waals surface area contributed by atoms with E-state index in [1.807, 2.05) is 37.5 Å². The molecular weight excluding hydrogens is 384 g/mol. The first-order valence-electron chi connectivity index (χ1n) is 9.13. The van der Waals surface area contributed by atoms with Crippen molar-refractivity contribution < 1.29 is 4.74 Å². The van der Waals surface area contributed by atoms with Gasteiger partial charge in [0.2, 0.25) is 5.43 Å². The van der Waals surface area contributed by atoms with Gasteiger partial charge in [-0.2, -0.15) is 10.2 Å². The molecule has 0 amide bonds. The van der Waals surface area contributed by atoms with Crippen LogP contribution in [0.5, 0.6) is 5.75 Å². The maximum Gasteiger partial charge on any atom is 0.206 e. The van der Waals surface area contributed by atoms with E-state index in [1.54, 1.807) is 45.0 Å². The number of fused-ring (bicyclic) bond motifs is 1. The Balaban J connectivity index is 1.40. The minimum Gasteiger partial charge on any atom is -0.487 e. The van der Waals surface area contributed by atoms with Crippen LogP contribution >= 0.6 is 0 Å². The standard InChI is InChI=1S/C20H16N8O2/c1-26-12-16(11-23-26)27-6-4-20(29)19(24-27)13-30-17-2-3-18-14(9-17)8-15(10-21-18)28-7-5-22-25-28/h2-12H,13H2,1H3. The molecule has 0 atom stereocenters. The minimum absolute atomic E-state index is 0.0433. The van der Waals surface area contributed by atoms with E-state index in [1.165, 1.54) is 6.07 Å². The predicted octanol–water partition coefficient (Wildman–Crippen LogP) is 1.67. The molecule has 0 aliphatic carbocycles. The van der Waals surface area contributed by atoms with Gasteiger partial charge in [0.1, 0.15) is 23.7 Å². The van der Waals surface area contributed by atoms with Gasteiger partial charge >= 0.3 is 0 Å². The van der Waals surface area contributed by atoms with Crippen LogP contribution < -0.4 is 10.2 Å². The van der Waals surface area contributed by atoms with Gasteiger partial charge in [0, 0.05) is 24.7 Å². The minimum atomic E-state index is -0.189. The fourth-order valence-electron chi connectivity index (χ4n) is 3.03. The molecule has 10 nitrogen and oxygen atoms in total. The molecule has 4 aromatic heterocycles. The molecule has 0 saturated heterocycles. The second kappa shape index (κ2) is 7.24. The fourth-order valence-corrected chi connectivity index (χ4v) is 3.03. The van der Waals surface area contributed by atoms with E-state index in [9.17, 15) is 4.79 Å². The zero-order valence-electron chi connectivity index (χ0n) is 16.0. The maximum absolute atomic E-state index is 12.2. The van der Waals surface area contributed by atoms with Crippen LogP contribution in [0.15, 0.2) is 72.3 Å². The molecule has 0 bridgehead atoms. The number of pyridine rings is 1. The molecule has 1 aromatic carbocycles. The Morgan fingerprint density at radius 2 is 1.97 bits per heavy atom. The molecule has 0 radical (unpaired) electrons. The number of nitrogens with zero attached hydrogens (tertiary/aromatic N) is 8. The molecule has 148 valence electrons. The monoisotopic (exact) mass is 400 g/mol. The van der Waals surface area contributed by atoms with E-state index in [-0.39, 0.29) is 12.0 Å². The summed E-state index contributed by atoms with van der Waals surface area (Å²) in [7, 11) is 1.82. The van der Waals surface area contributed by atoms with Crippen molar-refractivity contribution in [3.8, 4) is 17.1 Å². The Kier molecular flexibility index (Phi) is 4.28. The van der Waals surface area contributed by atoms with Gasteiger partial charge in [-0.05, 0) is 24.3 Å². The van der Waals surface area contributed by atoms with Crippen molar-refractivity contribution in [2.24, 2.45) is 7.05 Å².